The molecule has 5 rings (SSSR count). The minimum absolute atomic E-state index is 0.0570. The Kier molecular flexibility index (Phi) is 6.84. The van der Waals surface area contributed by atoms with Gasteiger partial charge in [-0.15, -0.1) is 6.42 Å². The Hall–Kier alpha value is -4.27. The van der Waals surface area contributed by atoms with Crippen LogP contribution in [-0.4, -0.2) is 44.9 Å². The number of aliphatic hydroxyl groups is 2. The maximum Gasteiger partial charge on any atom is 0.323 e. The minimum Gasteiger partial charge on any atom is -0.456 e. The number of nitrogens with zero attached hydrogens (tertiary/aromatic N) is 4. The van der Waals surface area contributed by atoms with Gasteiger partial charge in [0.05, 0.1) is 5.56 Å². The lowest BCUT2D eigenvalue weighted by molar-refractivity contribution is -0.183. The van der Waals surface area contributed by atoms with E-state index in [1.807, 2.05) is 0 Å². The summed E-state index contributed by atoms with van der Waals surface area (Å²) in [5.74, 6) is 1.14. The van der Waals surface area contributed by atoms with Gasteiger partial charge in [-0.3, -0.25) is 0 Å². The number of aliphatic hydroxyl groups excluding tert-OH is 1. The molecule has 0 fully saturated rings. The van der Waals surface area contributed by atoms with Crippen LogP contribution >= 0.6 is 0 Å². The molecular weight excluding hydrogens is 496 g/mol. The number of fused-ring (bicyclic) bond motifs is 1. The summed E-state index contributed by atoms with van der Waals surface area (Å²) < 4.78 is 41.7. The first-order valence-electron chi connectivity index (χ1n) is 12.1. The van der Waals surface area contributed by atoms with E-state index in [-0.39, 0.29) is 57.2 Å². The molecule has 2 aromatic heterocycles. The molecule has 0 radical (unpaired) electrons. The first-order valence-corrected chi connectivity index (χ1v) is 12.1. The van der Waals surface area contributed by atoms with Crippen molar-refractivity contribution in [3.63, 3.8) is 0 Å². The summed E-state index contributed by atoms with van der Waals surface area (Å²) in [6.45, 7) is 0.502. The molecule has 1 aliphatic rings. The standard InChI is InChI=1S/C27H25F2N5O4/c1-3-5-6-7-10-34-13-37-25-20-23(32-26(33-24(20)34)38-27(35)36)21(29)22(31-25)17-12-15(30)11-14-8-9-18(28)16(4-2)19(14)17/h2,8-9,11-12,27,35-36H,3,5-7,10,13,30H2,1H3. The molecule has 0 saturated carbocycles. The van der Waals surface area contributed by atoms with E-state index < -0.39 is 24.1 Å². The molecule has 38 heavy (non-hydrogen) atoms. The summed E-state index contributed by atoms with van der Waals surface area (Å²) in [5.41, 5.74) is 6.02. The number of rotatable bonds is 8. The number of hydrogen-bond donors (Lipinski definition) is 3. The number of unbranched alkanes of at least 4 members (excludes halogenated alkanes) is 3. The lowest BCUT2D eigenvalue weighted by atomic mass is 9.95. The smallest absolute Gasteiger partial charge is 0.323 e. The molecule has 0 unspecified atom stereocenters. The van der Waals surface area contributed by atoms with E-state index in [0.717, 1.165) is 25.7 Å². The molecule has 0 saturated heterocycles. The Morgan fingerprint density at radius 2 is 1.97 bits per heavy atom. The van der Waals surface area contributed by atoms with E-state index in [1.54, 1.807) is 11.0 Å². The van der Waals surface area contributed by atoms with Crippen LogP contribution < -0.4 is 20.1 Å². The van der Waals surface area contributed by atoms with Crippen molar-refractivity contribution in [3.8, 4) is 35.5 Å². The van der Waals surface area contributed by atoms with Crippen molar-refractivity contribution in [1.82, 2.24) is 15.0 Å². The molecule has 196 valence electrons. The Balaban J connectivity index is 1.76. The predicted octanol–water partition coefficient (Wildman–Crippen LogP) is 4.07. The summed E-state index contributed by atoms with van der Waals surface area (Å²) >= 11 is 0. The fraction of sp³-hybridized carbons (Fsp3) is 0.296. The second-order valence-corrected chi connectivity index (χ2v) is 8.91. The van der Waals surface area contributed by atoms with Crippen LogP contribution in [0.2, 0.25) is 0 Å². The highest BCUT2D eigenvalue weighted by atomic mass is 19.1. The van der Waals surface area contributed by atoms with E-state index in [9.17, 15) is 14.6 Å². The summed E-state index contributed by atoms with van der Waals surface area (Å²) in [7, 11) is 0. The molecule has 0 atom stereocenters. The molecule has 0 amide bonds. The number of nitrogens with two attached hydrogens (primary N) is 1. The summed E-state index contributed by atoms with van der Waals surface area (Å²) in [6.07, 6.45) is 9.54. The van der Waals surface area contributed by atoms with Gasteiger partial charge in [0.15, 0.2) is 18.4 Å². The Labute approximate surface area is 216 Å². The zero-order valence-electron chi connectivity index (χ0n) is 20.5. The zero-order valence-corrected chi connectivity index (χ0v) is 20.5. The van der Waals surface area contributed by atoms with E-state index in [4.69, 9.17) is 21.6 Å². The van der Waals surface area contributed by atoms with E-state index in [2.05, 4.69) is 27.8 Å². The molecule has 3 heterocycles. The normalized spacial score (nSPS) is 12.7. The molecule has 0 spiro atoms. The summed E-state index contributed by atoms with van der Waals surface area (Å²) in [4.78, 5) is 14.6. The third kappa shape index (κ3) is 4.49. The zero-order chi connectivity index (χ0) is 27.0. The molecule has 4 N–H and O–H groups in total. The quantitative estimate of drug-likeness (QED) is 0.136. The van der Waals surface area contributed by atoms with Gasteiger partial charge in [-0.25, -0.2) is 13.8 Å². The van der Waals surface area contributed by atoms with E-state index in [1.165, 1.54) is 18.2 Å². The molecule has 0 aliphatic carbocycles. The second-order valence-electron chi connectivity index (χ2n) is 8.91. The van der Waals surface area contributed by atoms with E-state index >= 15 is 4.39 Å². The minimum atomic E-state index is -2.22. The molecule has 4 aromatic rings. The Morgan fingerprint density at radius 1 is 1.16 bits per heavy atom. The number of aromatic nitrogens is 3. The first-order chi connectivity index (χ1) is 18.3. The Bertz CT molecular complexity index is 1590. The highest BCUT2D eigenvalue weighted by Gasteiger charge is 2.30. The third-order valence-corrected chi connectivity index (χ3v) is 6.35. The molecule has 2 aromatic carbocycles. The van der Waals surface area contributed by atoms with Crippen molar-refractivity contribution in [2.45, 2.75) is 39.1 Å². The van der Waals surface area contributed by atoms with Crippen LogP contribution in [-0.2, 0) is 0 Å². The number of halogens is 2. The van der Waals surface area contributed by atoms with Crippen molar-refractivity contribution in [2.24, 2.45) is 0 Å². The summed E-state index contributed by atoms with van der Waals surface area (Å²) in [6, 6.07) is 5.32. The third-order valence-electron chi connectivity index (χ3n) is 6.35. The molecular formula is C27H25F2N5O4. The molecule has 1 aliphatic heterocycles. The molecule has 11 heteroatoms. The largest absolute Gasteiger partial charge is 0.456 e. The van der Waals surface area contributed by atoms with Crippen molar-refractivity contribution < 1.29 is 28.5 Å². The number of nitrogen functional groups attached to an aromatic ring is 1. The van der Waals surface area contributed by atoms with Gasteiger partial charge in [-0.05, 0) is 30.0 Å². The number of anilines is 2. The predicted molar refractivity (Wildman–Crippen MR) is 138 cm³/mol. The number of hydrogen-bond acceptors (Lipinski definition) is 9. The van der Waals surface area contributed by atoms with Gasteiger partial charge in [-0.1, -0.05) is 38.2 Å². The van der Waals surface area contributed by atoms with Gasteiger partial charge >= 0.3 is 12.5 Å². The highest BCUT2D eigenvalue weighted by Crippen LogP contribution is 2.42. The lowest BCUT2D eigenvalue weighted by Crippen LogP contribution is -2.33. The van der Waals surface area contributed by atoms with Gasteiger partial charge in [-0.2, -0.15) is 9.97 Å². The van der Waals surface area contributed by atoms with Gasteiger partial charge in [0, 0.05) is 23.2 Å². The summed E-state index contributed by atoms with van der Waals surface area (Å²) in [5, 5.41) is 19.7. The van der Waals surface area contributed by atoms with Crippen molar-refractivity contribution in [1.29, 1.82) is 0 Å². The number of benzene rings is 2. The SMILES string of the molecule is C#Cc1c(F)ccc2cc(N)cc(-c3nc4c5c(nc(OC(O)O)nc5c3F)N(CCCCCC)CO4)c12. The molecule has 9 nitrogen and oxygen atoms in total. The van der Waals surface area contributed by atoms with Gasteiger partial charge < -0.3 is 30.3 Å². The fourth-order valence-corrected chi connectivity index (χ4v) is 4.65. The van der Waals surface area contributed by atoms with Crippen LogP contribution in [0.5, 0.6) is 11.9 Å². The molecule has 0 bridgehead atoms. The van der Waals surface area contributed by atoms with Gasteiger partial charge in [0.2, 0.25) is 5.88 Å². The van der Waals surface area contributed by atoms with Crippen LogP contribution in [0.25, 0.3) is 32.9 Å². The highest BCUT2D eigenvalue weighted by molar-refractivity contribution is 6.05. The average molecular weight is 522 g/mol. The topological polar surface area (TPSA) is 127 Å². The van der Waals surface area contributed by atoms with Crippen LogP contribution in [0.1, 0.15) is 38.2 Å². The van der Waals surface area contributed by atoms with Gasteiger partial charge in [0.25, 0.3) is 0 Å². The maximum atomic E-state index is 16.3. The van der Waals surface area contributed by atoms with Crippen LogP contribution in [0.3, 0.4) is 0 Å². The average Bonchev–Trinajstić information content (AvgIpc) is 2.88. The van der Waals surface area contributed by atoms with Crippen LogP contribution in [0.4, 0.5) is 20.3 Å². The lowest BCUT2D eigenvalue weighted by Gasteiger charge is -2.30. The monoisotopic (exact) mass is 521 g/mol. The van der Waals surface area contributed by atoms with Gasteiger partial charge in [0.1, 0.15) is 22.4 Å². The van der Waals surface area contributed by atoms with E-state index in [0.29, 0.717) is 11.9 Å². The van der Waals surface area contributed by atoms with Crippen LogP contribution in [0, 0.1) is 24.0 Å². The Morgan fingerprint density at radius 3 is 2.71 bits per heavy atom. The number of ether oxygens (including phenoxy) is 2. The first kappa shape index (κ1) is 25.4. The number of terminal acetylenes is 1. The fourth-order valence-electron chi connectivity index (χ4n) is 4.65. The van der Waals surface area contributed by atoms with Crippen molar-refractivity contribution in [3.05, 3.63) is 41.5 Å². The number of pyridine rings is 1. The maximum absolute atomic E-state index is 16.3. The van der Waals surface area contributed by atoms with Crippen molar-refractivity contribution in [2.75, 3.05) is 23.9 Å². The van der Waals surface area contributed by atoms with Crippen LogP contribution in [0.15, 0.2) is 24.3 Å². The second kappa shape index (κ2) is 10.2. The van der Waals surface area contributed by atoms with Crippen molar-refractivity contribution >= 4 is 33.2 Å².